The topological polar surface area (TPSA) is 50.2 Å². The molecule has 0 aliphatic rings. The molecule has 0 aromatic heterocycles. The molecule has 0 saturated carbocycles. The van der Waals surface area contributed by atoms with Crippen LogP contribution < -0.4 is 0 Å². The highest BCUT2D eigenvalue weighted by atomic mass is 16.5. The lowest BCUT2D eigenvalue weighted by molar-refractivity contribution is -0.136. The fourth-order valence-electron chi connectivity index (χ4n) is 0.770. The molecule has 12 heavy (non-hydrogen) atoms. The van der Waals surface area contributed by atoms with E-state index < -0.39 is 5.97 Å². The van der Waals surface area contributed by atoms with Crippen molar-refractivity contribution in [1.82, 2.24) is 0 Å². The van der Waals surface area contributed by atoms with Crippen molar-refractivity contribution >= 4 is 12.2 Å². The average Bonchev–Trinajstić information content (AvgIpc) is 2.16. The average molecular weight is 163 g/mol. The van der Waals surface area contributed by atoms with Crippen molar-refractivity contribution in [2.45, 2.75) is 6.61 Å². The zero-order chi connectivity index (χ0) is 8.81. The predicted octanol–water partition coefficient (Wildman–Crippen LogP) is 1.38. The van der Waals surface area contributed by atoms with Gasteiger partial charge in [0.25, 0.3) is 0 Å². The lowest BCUT2D eigenvalue weighted by atomic mass is 10.2. The smallest absolute Gasteiger partial charge is 0.348 e. The Morgan fingerprint density at radius 3 is 2.67 bits per heavy atom. The Bertz CT molecular complexity index is 269. The van der Waals surface area contributed by atoms with Crippen LogP contribution in [0.1, 0.15) is 5.56 Å². The molecule has 3 heteroatoms. The molecule has 0 aliphatic carbocycles. The van der Waals surface area contributed by atoms with E-state index in [0.29, 0.717) is 6.21 Å². The Morgan fingerprint density at radius 2 is 2.08 bits per heavy atom. The van der Waals surface area contributed by atoms with E-state index in [1.807, 2.05) is 30.3 Å². The number of benzene rings is 1. The molecule has 1 aromatic carbocycles. The Kier molecular flexibility index (Phi) is 3.02. The predicted molar refractivity (Wildman–Crippen MR) is 45.0 cm³/mol. The summed E-state index contributed by atoms with van der Waals surface area (Å²) in [5.74, 6) is -0.612. The summed E-state index contributed by atoms with van der Waals surface area (Å²) in [5.41, 5.74) is 0.924. The zero-order valence-corrected chi connectivity index (χ0v) is 6.49. The number of rotatable bonds is 3. The first-order chi connectivity index (χ1) is 5.83. The van der Waals surface area contributed by atoms with E-state index in [1.54, 1.807) is 0 Å². The third kappa shape index (κ3) is 2.54. The summed E-state index contributed by atoms with van der Waals surface area (Å²) < 4.78 is 4.70. The largest absolute Gasteiger partial charge is 0.457 e. The van der Waals surface area contributed by atoms with Crippen molar-refractivity contribution in [1.29, 1.82) is 5.41 Å². The van der Waals surface area contributed by atoms with Gasteiger partial charge in [0, 0.05) is 0 Å². The first kappa shape index (κ1) is 8.46. The van der Waals surface area contributed by atoms with Crippen molar-refractivity contribution in [2.75, 3.05) is 0 Å². The Hall–Kier alpha value is -1.64. The number of hydrogen-bond donors (Lipinski definition) is 1. The summed E-state index contributed by atoms with van der Waals surface area (Å²) in [6.45, 7) is 0.231. The van der Waals surface area contributed by atoms with Gasteiger partial charge < -0.3 is 10.1 Å². The first-order valence-corrected chi connectivity index (χ1v) is 3.54. The van der Waals surface area contributed by atoms with Crippen molar-refractivity contribution in [3.63, 3.8) is 0 Å². The number of ether oxygens (including phenoxy) is 1. The van der Waals surface area contributed by atoms with Crippen LogP contribution >= 0.6 is 0 Å². The first-order valence-electron chi connectivity index (χ1n) is 3.54. The van der Waals surface area contributed by atoms with Gasteiger partial charge in [0.05, 0.1) is 0 Å². The molecule has 0 saturated heterocycles. The van der Waals surface area contributed by atoms with Crippen LogP contribution in [0.3, 0.4) is 0 Å². The molecule has 0 atom stereocenters. The van der Waals surface area contributed by atoms with Crippen LogP contribution in [0, 0.1) is 5.41 Å². The Morgan fingerprint density at radius 1 is 1.42 bits per heavy atom. The van der Waals surface area contributed by atoms with E-state index in [4.69, 9.17) is 10.1 Å². The van der Waals surface area contributed by atoms with Crippen LogP contribution in [0.4, 0.5) is 0 Å². The molecule has 0 bridgehead atoms. The van der Waals surface area contributed by atoms with Gasteiger partial charge in [0.2, 0.25) is 0 Å². The molecule has 62 valence electrons. The minimum atomic E-state index is -0.612. The molecular weight excluding hydrogens is 154 g/mol. The van der Waals surface area contributed by atoms with Crippen molar-refractivity contribution < 1.29 is 9.53 Å². The van der Waals surface area contributed by atoms with Gasteiger partial charge in [-0.05, 0) is 5.56 Å². The molecule has 0 amide bonds. The van der Waals surface area contributed by atoms with E-state index >= 15 is 0 Å². The summed E-state index contributed by atoms with van der Waals surface area (Å²) in [7, 11) is 0. The fourth-order valence-corrected chi connectivity index (χ4v) is 0.770. The van der Waals surface area contributed by atoms with Gasteiger partial charge in [-0.1, -0.05) is 30.3 Å². The van der Waals surface area contributed by atoms with E-state index in [0.717, 1.165) is 5.56 Å². The lowest BCUT2D eigenvalue weighted by Gasteiger charge is -1.99. The summed E-state index contributed by atoms with van der Waals surface area (Å²) >= 11 is 0. The zero-order valence-electron chi connectivity index (χ0n) is 6.49. The third-order valence-electron chi connectivity index (χ3n) is 1.34. The molecule has 3 nitrogen and oxygen atoms in total. The third-order valence-corrected chi connectivity index (χ3v) is 1.34. The van der Waals surface area contributed by atoms with Crippen LogP contribution in [0.2, 0.25) is 0 Å². The molecule has 0 aliphatic heterocycles. The number of carbonyl (C=O) groups is 1. The highest BCUT2D eigenvalue weighted by Gasteiger charge is 1.96. The van der Waals surface area contributed by atoms with Gasteiger partial charge in [0.1, 0.15) is 12.8 Å². The summed E-state index contributed by atoms with van der Waals surface area (Å²) in [4.78, 5) is 10.5. The Balaban J connectivity index is 2.43. The lowest BCUT2D eigenvalue weighted by Crippen LogP contribution is -2.04. The van der Waals surface area contributed by atoms with Crippen LogP contribution in [0.5, 0.6) is 0 Å². The summed E-state index contributed by atoms with van der Waals surface area (Å²) in [6, 6.07) is 9.34. The number of nitrogens with one attached hydrogen (secondary N) is 1. The van der Waals surface area contributed by atoms with Gasteiger partial charge >= 0.3 is 5.97 Å². The molecule has 1 N–H and O–H groups in total. The maximum atomic E-state index is 10.5. The summed E-state index contributed by atoms with van der Waals surface area (Å²) in [6.07, 6.45) is 0.656. The standard InChI is InChI=1S/C9H9NO2/c10-6-9(11)12-7-8-4-2-1-3-5-8/h1-6,10H,7H2. The molecular formula is C9H9NO2. The maximum absolute atomic E-state index is 10.5. The van der Waals surface area contributed by atoms with E-state index in [1.165, 1.54) is 0 Å². The quantitative estimate of drug-likeness (QED) is 0.540. The SMILES string of the molecule is N=CC(=O)OCc1ccccc1. The van der Waals surface area contributed by atoms with Gasteiger partial charge in [-0.25, -0.2) is 4.79 Å². The van der Waals surface area contributed by atoms with Crippen LogP contribution in [0.25, 0.3) is 0 Å². The van der Waals surface area contributed by atoms with E-state index in [2.05, 4.69) is 0 Å². The highest BCUT2D eigenvalue weighted by Crippen LogP contribution is 1.99. The second-order valence-corrected chi connectivity index (χ2v) is 2.24. The highest BCUT2D eigenvalue weighted by molar-refractivity contribution is 6.21. The molecule has 0 radical (unpaired) electrons. The molecule has 1 aromatic rings. The van der Waals surface area contributed by atoms with E-state index in [-0.39, 0.29) is 6.61 Å². The normalized spacial score (nSPS) is 9.00. The van der Waals surface area contributed by atoms with Crippen molar-refractivity contribution in [3.8, 4) is 0 Å². The van der Waals surface area contributed by atoms with Gasteiger partial charge in [-0.15, -0.1) is 0 Å². The minimum Gasteiger partial charge on any atom is -0.457 e. The second kappa shape index (κ2) is 4.28. The Labute approximate surface area is 70.5 Å². The van der Waals surface area contributed by atoms with Crippen LogP contribution in [-0.4, -0.2) is 12.2 Å². The van der Waals surface area contributed by atoms with Crippen molar-refractivity contribution in [2.24, 2.45) is 0 Å². The molecule has 0 spiro atoms. The van der Waals surface area contributed by atoms with Gasteiger partial charge in [0.15, 0.2) is 0 Å². The molecule has 0 unspecified atom stereocenters. The maximum Gasteiger partial charge on any atom is 0.348 e. The van der Waals surface area contributed by atoms with Crippen LogP contribution in [-0.2, 0) is 16.1 Å². The number of esters is 1. The van der Waals surface area contributed by atoms with E-state index in [9.17, 15) is 4.79 Å². The van der Waals surface area contributed by atoms with Gasteiger partial charge in [-0.3, -0.25) is 0 Å². The van der Waals surface area contributed by atoms with Gasteiger partial charge in [-0.2, -0.15) is 0 Å². The molecule has 0 heterocycles. The second-order valence-electron chi connectivity index (χ2n) is 2.24. The monoisotopic (exact) mass is 163 g/mol. The number of carbonyl (C=O) groups excluding carboxylic acids is 1. The molecule has 0 fully saturated rings. The number of hydrogen-bond acceptors (Lipinski definition) is 3. The van der Waals surface area contributed by atoms with Crippen molar-refractivity contribution in [3.05, 3.63) is 35.9 Å². The van der Waals surface area contributed by atoms with Crippen LogP contribution in [0.15, 0.2) is 30.3 Å². The minimum absolute atomic E-state index is 0.231. The fraction of sp³-hybridized carbons (Fsp3) is 0.111. The molecule has 1 rings (SSSR count). The summed E-state index contributed by atoms with van der Waals surface area (Å²) in [5, 5.41) is 6.57.